The lowest BCUT2D eigenvalue weighted by atomic mass is 9.75. The number of benzene rings is 2. The molecule has 1 N–H and O–H groups in total. The molecule has 5 heteroatoms. The second-order valence-corrected chi connectivity index (χ2v) is 7.67. The second kappa shape index (κ2) is 8.73. The van der Waals surface area contributed by atoms with Gasteiger partial charge in [0, 0.05) is 35.6 Å². The molecule has 0 aromatic heterocycles. The SMILES string of the molecule is CC[C@@](O)(c1ccc(Cl)cc1)[C@@H](CN1CCOCC1)c1ccc(Cl)cc1. The third-order valence-electron chi connectivity index (χ3n) is 5.28. The highest BCUT2D eigenvalue weighted by Gasteiger charge is 2.39. The molecule has 0 bridgehead atoms. The molecule has 1 aliphatic rings. The van der Waals surface area contributed by atoms with Gasteiger partial charge in [0.1, 0.15) is 0 Å². The first-order chi connectivity index (χ1) is 12.5. The predicted molar refractivity (Wildman–Crippen MR) is 107 cm³/mol. The molecule has 0 radical (unpaired) electrons. The molecule has 3 nitrogen and oxygen atoms in total. The van der Waals surface area contributed by atoms with E-state index in [1.165, 1.54) is 0 Å². The van der Waals surface area contributed by atoms with Crippen molar-refractivity contribution in [3.63, 3.8) is 0 Å². The summed E-state index contributed by atoms with van der Waals surface area (Å²) in [6.07, 6.45) is 0.603. The summed E-state index contributed by atoms with van der Waals surface area (Å²) < 4.78 is 5.48. The van der Waals surface area contributed by atoms with Crippen LogP contribution in [0.15, 0.2) is 48.5 Å². The molecule has 0 saturated carbocycles. The molecular formula is C21H25Cl2NO2. The summed E-state index contributed by atoms with van der Waals surface area (Å²) in [5, 5.41) is 13.1. The van der Waals surface area contributed by atoms with Crippen molar-refractivity contribution in [2.45, 2.75) is 24.9 Å². The van der Waals surface area contributed by atoms with Crippen LogP contribution in [0.25, 0.3) is 0 Å². The predicted octanol–water partition coefficient (Wildman–Crippen LogP) is 4.71. The fraction of sp³-hybridized carbons (Fsp3) is 0.429. The third-order valence-corrected chi connectivity index (χ3v) is 5.78. The maximum atomic E-state index is 11.8. The minimum atomic E-state index is -0.989. The molecule has 26 heavy (non-hydrogen) atoms. The number of ether oxygens (including phenoxy) is 1. The Balaban J connectivity index is 1.98. The Labute approximate surface area is 165 Å². The van der Waals surface area contributed by atoms with Crippen LogP contribution in [0.4, 0.5) is 0 Å². The molecule has 1 heterocycles. The first-order valence-corrected chi connectivity index (χ1v) is 9.82. The highest BCUT2D eigenvalue weighted by molar-refractivity contribution is 6.30. The zero-order chi connectivity index (χ0) is 18.6. The van der Waals surface area contributed by atoms with Crippen LogP contribution >= 0.6 is 23.2 Å². The summed E-state index contributed by atoms with van der Waals surface area (Å²) in [6.45, 7) is 6.02. The maximum Gasteiger partial charge on any atom is 0.0974 e. The number of hydrogen-bond donors (Lipinski definition) is 1. The number of rotatable bonds is 6. The van der Waals surface area contributed by atoms with Crippen molar-refractivity contribution in [3.8, 4) is 0 Å². The quantitative estimate of drug-likeness (QED) is 0.771. The van der Waals surface area contributed by atoms with E-state index >= 15 is 0 Å². The van der Waals surface area contributed by atoms with Crippen molar-refractivity contribution in [3.05, 3.63) is 69.7 Å². The Morgan fingerprint density at radius 1 is 1.00 bits per heavy atom. The standard InChI is InChI=1S/C21H25Cl2NO2/c1-2-21(25,17-5-9-19(23)10-6-17)20(15-24-11-13-26-14-12-24)16-3-7-18(22)8-4-16/h3-10,20,25H,2,11-15H2,1H3/t20-,21+/m0/s1. The minimum absolute atomic E-state index is 0.0796. The monoisotopic (exact) mass is 393 g/mol. The van der Waals surface area contributed by atoms with Crippen molar-refractivity contribution in [2.75, 3.05) is 32.8 Å². The Hall–Kier alpha value is -1.10. The van der Waals surface area contributed by atoms with Gasteiger partial charge in [-0.15, -0.1) is 0 Å². The molecule has 0 amide bonds. The van der Waals surface area contributed by atoms with E-state index in [2.05, 4.69) is 4.90 Å². The smallest absolute Gasteiger partial charge is 0.0974 e. The van der Waals surface area contributed by atoms with Gasteiger partial charge >= 0.3 is 0 Å². The van der Waals surface area contributed by atoms with Gasteiger partial charge in [-0.05, 0) is 41.8 Å². The van der Waals surface area contributed by atoms with Crippen LogP contribution in [0.2, 0.25) is 10.0 Å². The van der Waals surface area contributed by atoms with Gasteiger partial charge in [0.25, 0.3) is 0 Å². The average Bonchev–Trinajstić information content (AvgIpc) is 2.68. The Morgan fingerprint density at radius 3 is 2.08 bits per heavy atom. The summed E-state index contributed by atoms with van der Waals surface area (Å²) in [6, 6.07) is 15.3. The second-order valence-electron chi connectivity index (χ2n) is 6.80. The van der Waals surface area contributed by atoms with Crippen LogP contribution < -0.4 is 0 Å². The van der Waals surface area contributed by atoms with Gasteiger partial charge < -0.3 is 9.84 Å². The van der Waals surface area contributed by atoms with Gasteiger partial charge in [-0.3, -0.25) is 4.90 Å². The van der Waals surface area contributed by atoms with Crippen molar-refractivity contribution in [1.29, 1.82) is 0 Å². The van der Waals surface area contributed by atoms with Gasteiger partial charge in [0.05, 0.1) is 18.8 Å². The first-order valence-electron chi connectivity index (χ1n) is 9.07. The molecule has 2 atom stereocenters. The van der Waals surface area contributed by atoms with E-state index in [1.54, 1.807) is 0 Å². The van der Waals surface area contributed by atoms with Crippen LogP contribution in [0, 0.1) is 0 Å². The van der Waals surface area contributed by atoms with Gasteiger partial charge in [-0.25, -0.2) is 0 Å². The van der Waals surface area contributed by atoms with E-state index in [0.29, 0.717) is 16.5 Å². The number of aliphatic hydroxyl groups is 1. The normalized spacial score (nSPS) is 19.1. The van der Waals surface area contributed by atoms with Crippen molar-refractivity contribution >= 4 is 23.2 Å². The lowest BCUT2D eigenvalue weighted by molar-refractivity contribution is -0.0250. The first kappa shape index (κ1) is 19.7. The Morgan fingerprint density at radius 2 is 1.54 bits per heavy atom. The van der Waals surface area contributed by atoms with Crippen LogP contribution in [-0.2, 0) is 10.3 Å². The van der Waals surface area contributed by atoms with E-state index in [9.17, 15) is 5.11 Å². The number of hydrogen-bond acceptors (Lipinski definition) is 3. The molecular weight excluding hydrogens is 369 g/mol. The largest absolute Gasteiger partial charge is 0.384 e. The minimum Gasteiger partial charge on any atom is -0.384 e. The fourth-order valence-corrected chi connectivity index (χ4v) is 3.91. The molecule has 140 valence electrons. The number of morpholine rings is 1. The van der Waals surface area contributed by atoms with Crippen molar-refractivity contribution in [1.82, 2.24) is 4.90 Å². The highest BCUT2D eigenvalue weighted by atomic mass is 35.5. The summed E-state index contributed by atoms with van der Waals surface area (Å²) in [4.78, 5) is 2.36. The molecule has 0 unspecified atom stereocenters. The molecule has 2 aromatic rings. The maximum absolute atomic E-state index is 11.8. The van der Waals surface area contributed by atoms with Crippen molar-refractivity contribution < 1.29 is 9.84 Å². The molecule has 2 aromatic carbocycles. The lowest BCUT2D eigenvalue weighted by Gasteiger charge is -2.40. The van der Waals surface area contributed by atoms with Gasteiger partial charge in [0.2, 0.25) is 0 Å². The van der Waals surface area contributed by atoms with Crippen LogP contribution in [0.3, 0.4) is 0 Å². The molecule has 0 aliphatic carbocycles. The summed E-state index contributed by atoms with van der Waals surface area (Å²) in [7, 11) is 0. The zero-order valence-corrected chi connectivity index (χ0v) is 16.5. The van der Waals surface area contributed by atoms with Crippen LogP contribution in [-0.4, -0.2) is 42.9 Å². The van der Waals surface area contributed by atoms with E-state index in [-0.39, 0.29) is 5.92 Å². The van der Waals surface area contributed by atoms with E-state index < -0.39 is 5.60 Å². The van der Waals surface area contributed by atoms with E-state index in [1.807, 2.05) is 55.5 Å². The molecule has 0 spiro atoms. The summed E-state index contributed by atoms with van der Waals surface area (Å²) in [5.74, 6) is -0.0796. The van der Waals surface area contributed by atoms with Crippen molar-refractivity contribution in [2.24, 2.45) is 0 Å². The van der Waals surface area contributed by atoms with Gasteiger partial charge in [-0.1, -0.05) is 54.4 Å². The lowest BCUT2D eigenvalue weighted by Crippen LogP contribution is -2.44. The van der Waals surface area contributed by atoms with Crippen LogP contribution in [0.5, 0.6) is 0 Å². The topological polar surface area (TPSA) is 32.7 Å². The van der Waals surface area contributed by atoms with Crippen LogP contribution in [0.1, 0.15) is 30.4 Å². The molecule has 1 aliphatic heterocycles. The molecule has 1 saturated heterocycles. The number of halogens is 2. The van der Waals surface area contributed by atoms with E-state index in [4.69, 9.17) is 27.9 Å². The Bertz CT molecular complexity index is 699. The number of nitrogens with zero attached hydrogens (tertiary/aromatic N) is 1. The third kappa shape index (κ3) is 4.41. The highest BCUT2D eigenvalue weighted by Crippen LogP contribution is 2.41. The summed E-state index contributed by atoms with van der Waals surface area (Å²) >= 11 is 12.1. The summed E-state index contributed by atoms with van der Waals surface area (Å²) in [5.41, 5.74) is 0.981. The molecule has 3 rings (SSSR count). The van der Waals surface area contributed by atoms with Gasteiger partial charge in [0.15, 0.2) is 0 Å². The van der Waals surface area contributed by atoms with E-state index in [0.717, 1.165) is 44.0 Å². The molecule has 1 fully saturated rings. The fourth-order valence-electron chi connectivity index (χ4n) is 3.66. The zero-order valence-electron chi connectivity index (χ0n) is 15.0. The van der Waals surface area contributed by atoms with Gasteiger partial charge in [-0.2, -0.15) is 0 Å². The Kier molecular flexibility index (Phi) is 6.60. The average molecular weight is 394 g/mol.